The number of rotatable bonds is 5. The summed E-state index contributed by atoms with van der Waals surface area (Å²) in [6.45, 7) is 3.69. The van der Waals surface area contributed by atoms with Crippen molar-refractivity contribution in [1.29, 1.82) is 0 Å². The second-order valence-corrected chi connectivity index (χ2v) is 4.35. The third-order valence-electron chi connectivity index (χ3n) is 2.09. The van der Waals surface area contributed by atoms with Crippen LogP contribution in [0.25, 0.3) is 0 Å². The molecule has 0 saturated carbocycles. The van der Waals surface area contributed by atoms with Gasteiger partial charge < -0.3 is 21.5 Å². The van der Waals surface area contributed by atoms with Crippen molar-refractivity contribution in [2.75, 3.05) is 23.8 Å². The highest BCUT2D eigenvalue weighted by Crippen LogP contribution is 2.15. The molecule has 0 aromatic carbocycles. The van der Waals surface area contributed by atoms with Crippen LogP contribution in [0.4, 0.5) is 11.5 Å². The van der Waals surface area contributed by atoms with E-state index in [1.807, 2.05) is 13.8 Å². The summed E-state index contributed by atoms with van der Waals surface area (Å²) in [5.41, 5.74) is 5.53. The number of hydrogen-bond donors (Lipinski definition) is 4. The molecule has 1 aromatic rings. The molecule has 0 aliphatic heterocycles. The summed E-state index contributed by atoms with van der Waals surface area (Å²) in [7, 11) is 0. The van der Waals surface area contributed by atoms with E-state index in [9.17, 15) is 4.79 Å². The Morgan fingerprint density at radius 1 is 1.53 bits per heavy atom. The van der Waals surface area contributed by atoms with Crippen LogP contribution >= 0.6 is 0 Å². The van der Waals surface area contributed by atoms with Crippen LogP contribution in [0.2, 0.25) is 0 Å². The molecule has 0 unspecified atom stereocenters. The van der Waals surface area contributed by atoms with Crippen LogP contribution in [0.5, 0.6) is 0 Å². The molecule has 5 N–H and O–H groups in total. The smallest absolute Gasteiger partial charge is 0.239 e. The van der Waals surface area contributed by atoms with E-state index in [1.165, 1.54) is 0 Å². The van der Waals surface area contributed by atoms with Crippen molar-refractivity contribution >= 4 is 17.4 Å². The van der Waals surface area contributed by atoms with E-state index in [1.54, 1.807) is 18.3 Å². The van der Waals surface area contributed by atoms with Gasteiger partial charge in [0.15, 0.2) is 0 Å². The summed E-state index contributed by atoms with van der Waals surface area (Å²) in [5, 5.41) is 14.8. The quantitative estimate of drug-likeness (QED) is 0.585. The molecule has 1 amide bonds. The van der Waals surface area contributed by atoms with Gasteiger partial charge in [0.25, 0.3) is 0 Å². The van der Waals surface area contributed by atoms with Crippen LogP contribution in [0, 0.1) is 0 Å². The number of nitrogens with zero attached hydrogens (tertiary/aromatic N) is 1. The summed E-state index contributed by atoms with van der Waals surface area (Å²) >= 11 is 0. The van der Waals surface area contributed by atoms with Crippen LogP contribution in [0.15, 0.2) is 18.3 Å². The predicted molar refractivity (Wildman–Crippen MR) is 66.7 cm³/mol. The van der Waals surface area contributed by atoms with Gasteiger partial charge >= 0.3 is 0 Å². The van der Waals surface area contributed by atoms with E-state index in [0.29, 0.717) is 5.82 Å². The minimum absolute atomic E-state index is 0.0126. The lowest BCUT2D eigenvalue weighted by molar-refractivity contribution is -0.114. The van der Waals surface area contributed by atoms with E-state index in [0.717, 1.165) is 5.69 Å². The number of pyridine rings is 1. The highest BCUT2D eigenvalue weighted by Gasteiger charge is 2.15. The fourth-order valence-electron chi connectivity index (χ4n) is 1.17. The second kappa shape index (κ2) is 5.60. The summed E-state index contributed by atoms with van der Waals surface area (Å²) < 4.78 is 0. The predicted octanol–water partition coefficient (Wildman–Crippen LogP) is 0.162. The average molecular weight is 238 g/mol. The minimum Gasteiger partial charge on any atom is -0.394 e. The number of hydrogen-bond acceptors (Lipinski definition) is 5. The lowest BCUT2D eigenvalue weighted by Gasteiger charge is -2.24. The zero-order valence-electron chi connectivity index (χ0n) is 10.0. The van der Waals surface area contributed by atoms with Gasteiger partial charge in [-0.25, -0.2) is 4.98 Å². The first-order chi connectivity index (χ1) is 7.96. The van der Waals surface area contributed by atoms with Gasteiger partial charge in [-0.15, -0.1) is 0 Å². The maximum atomic E-state index is 11.0. The Morgan fingerprint density at radius 3 is 2.71 bits per heavy atom. The molecule has 6 nitrogen and oxygen atoms in total. The van der Waals surface area contributed by atoms with Gasteiger partial charge in [-0.3, -0.25) is 4.79 Å². The van der Waals surface area contributed by atoms with Gasteiger partial charge in [0.2, 0.25) is 5.91 Å². The van der Waals surface area contributed by atoms with Gasteiger partial charge in [0, 0.05) is 0 Å². The van der Waals surface area contributed by atoms with E-state index in [4.69, 9.17) is 10.8 Å². The number of amides is 1. The molecule has 0 fully saturated rings. The third-order valence-corrected chi connectivity index (χ3v) is 2.09. The first-order valence-electron chi connectivity index (χ1n) is 5.32. The fraction of sp³-hybridized carbons (Fsp3) is 0.455. The van der Waals surface area contributed by atoms with Crippen molar-refractivity contribution in [2.24, 2.45) is 5.73 Å². The number of carbonyl (C=O) groups is 1. The van der Waals surface area contributed by atoms with E-state index in [2.05, 4.69) is 15.6 Å². The second-order valence-electron chi connectivity index (χ2n) is 4.35. The van der Waals surface area contributed by atoms with Crippen LogP contribution in [0.3, 0.4) is 0 Å². The molecule has 6 heteroatoms. The lowest BCUT2D eigenvalue weighted by atomic mass is 10.1. The molecule has 94 valence electrons. The maximum absolute atomic E-state index is 11.0. The van der Waals surface area contributed by atoms with Gasteiger partial charge in [-0.1, -0.05) is 0 Å². The summed E-state index contributed by atoms with van der Waals surface area (Å²) in [6.07, 6.45) is 1.59. The Bertz CT molecular complexity index is 376. The first kappa shape index (κ1) is 13.4. The molecule has 0 saturated heterocycles. The van der Waals surface area contributed by atoms with Crippen LogP contribution in [-0.2, 0) is 4.79 Å². The van der Waals surface area contributed by atoms with Crippen molar-refractivity contribution in [3.05, 3.63) is 18.3 Å². The van der Waals surface area contributed by atoms with E-state index in [-0.39, 0.29) is 19.1 Å². The number of anilines is 2. The number of nitrogens with one attached hydrogen (secondary N) is 2. The van der Waals surface area contributed by atoms with Crippen molar-refractivity contribution in [2.45, 2.75) is 19.4 Å². The average Bonchev–Trinajstić information content (AvgIpc) is 2.31. The molecule has 0 radical (unpaired) electrons. The molecule has 1 aromatic heterocycles. The number of carbonyl (C=O) groups excluding carboxylic acids is 1. The fourth-order valence-corrected chi connectivity index (χ4v) is 1.17. The molecule has 0 bridgehead atoms. The normalized spacial score (nSPS) is 11.1. The Morgan fingerprint density at radius 2 is 2.24 bits per heavy atom. The van der Waals surface area contributed by atoms with Crippen molar-refractivity contribution < 1.29 is 9.90 Å². The topological polar surface area (TPSA) is 100 Å². The molecular formula is C11H18N4O2. The summed E-state index contributed by atoms with van der Waals surface area (Å²) in [6, 6.07) is 3.44. The molecule has 17 heavy (non-hydrogen) atoms. The largest absolute Gasteiger partial charge is 0.394 e. The lowest BCUT2D eigenvalue weighted by Crippen LogP contribution is -2.34. The van der Waals surface area contributed by atoms with Gasteiger partial charge in [0.05, 0.1) is 30.6 Å². The molecule has 0 aliphatic rings. The number of aromatic nitrogens is 1. The Balaban J connectivity index is 2.65. The molecular weight excluding hydrogens is 220 g/mol. The monoisotopic (exact) mass is 238 g/mol. The van der Waals surface area contributed by atoms with Crippen molar-refractivity contribution in [3.63, 3.8) is 0 Å². The number of aliphatic hydroxyl groups excluding tert-OH is 1. The highest BCUT2D eigenvalue weighted by atomic mass is 16.3. The van der Waals surface area contributed by atoms with Crippen LogP contribution in [-0.4, -0.2) is 34.7 Å². The van der Waals surface area contributed by atoms with E-state index >= 15 is 0 Å². The SMILES string of the molecule is CC(C)(CO)Nc1ccc(NC(=O)CN)nc1. The van der Waals surface area contributed by atoms with Crippen LogP contribution < -0.4 is 16.4 Å². The van der Waals surface area contributed by atoms with Crippen LogP contribution in [0.1, 0.15) is 13.8 Å². The Labute approximate surface area is 100 Å². The van der Waals surface area contributed by atoms with Gasteiger partial charge in [-0.05, 0) is 26.0 Å². The van der Waals surface area contributed by atoms with Gasteiger partial charge in [-0.2, -0.15) is 0 Å². The summed E-state index contributed by atoms with van der Waals surface area (Å²) in [5.74, 6) is 0.168. The standard InChI is InChI=1S/C11H18N4O2/c1-11(2,7-16)15-8-3-4-9(13-6-8)14-10(17)5-12/h3-4,6,15-16H,5,7,12H2,1-2H3,(H,13,14,17). The molecule has 0 aliphatic carbocycles. The van der Waals surface area contributed by atoms with Gasteiger partial charge in [0.1, 0.15) is 5.82 Å². The van der Waals surface area contributed by atoms with Crippen molar-refractivity contribution in [1.82, 2.24) is 4.98 Å². The highest BCUT2D eigenvalue weighted by molar-refractivity contribution is 5.91. The Kier molecular flexibility index (Phi) is 4.42. The molecule has 0 atom stereocenters. The van der Waals surface area contributed by atoms with Crippen molar-refractivity contribution in [3.8, 4) is 0 Å². The zero-order valence-corrected chi connectivity index (χ0v) is 10.0. The number of nitrogens with two attached hydrogens (primary N) is 1. The maximum Gasteiger partial charge on any atom is 0.239 e. The first-order valence-corrected chi connectivity index (χ1v) is 5.32. The minimum atomic E-state index is -0.413. The third kappa shape index (κ3) is 4.38. The molecule has 0 spiro atoms. The molecule has 1 heterocycles. The molecule has 1 rings (SSSR count). The number of aliphatic hydroxyl groups is 1. The summed E-state index contributed by atoms with van der Waals surface area (Å²) in [4.78, 5) is 15.1. The Hall–Kier alpha value is -1.66. The zero-order chi connectivity index (χ0) is 12.9. The van der Waals surface area contributed by atoms with E-state index < -0.39 is 5.54 Å².